The maximum absolute atomic E-state index is 12.5. The standard InChI is InChI=1S/C23H24N4O4S/c1-4-26(5-2)17-9-10-19(15(3)13-17)24-23(32)25-22(28)21-12-11-20(31-21)16-7-6-8-18(14-16)27(29)30/h6-14H,4-5H2,1-3H3,(H2,24,25,28,32). The number of furan rings is 1. The Kier molecular flexibility index (Phi) is 7.21. The number of aryl methyl sites for hydroxylation is 1. The molecule has 0 aliphatic carbocycles. The van der Waals surface area contributed by atoms with Gasteiger partial charge in [0, 0.05) is 42.2 Å². The van der Waals surface area contributed by atoms with Crippen LogP contribution in [-0.4, -0.2) is 29.0 Å². The fourth-order valence-corrected chi connectivity index (χ4v) is 3.48. The van der Waals surface area contributed by atoms with Crippen LogP contribution in [0.4, 0.5) is 17.1 Å². The summed E-state index contributed by atoms with van der Waals surface area (Å²) < 4.78 is 5.58. The van der Waals surface area contributed by atoms with E-state index in [1.807, 2.05) is 19.1 Å². The SMILES string of the molecule is CCN(CC)c1ccc(NC(=S)NC(=O)c2ccc(-c3cccc([N+](=O)[O-])c3)o2)c(C)c1. The molecule has 1 aromatic heterocycles. The molecule has 0 saturated heterocycles. The second-order valence-corrected chi connectivity index (χ2v) is 7.46. The molecule has 9 heteroatoms. The Morgan fingerprint density at radius 1 is 1.12 bits per heavy atom. The van der Waals surface area contributed by atoms with Gasteiger partial charge in [-0.05, 0) is 68.9 Å². The number of thiocarbonyl (C=S) groups is 1. The van der Waals surface area contributed by atoms with Gasteiger partial charge < -0.3 is 14.6 Å². The summed E-state index contributed by atoms with van der Waals surface area (Å²) in [6.45, 7) is 8.01. The van der Waals surface area contributed by atoms with Gasteiger partial charge in [-0.2, -0.15) is 0 Å². The lowest BCUT2D eigenvalue weighted by molar-refractivity contribution is -0.384. The monoisotopic (exact) mass is 452 g/mol. The Labute approximate surface area is 191 Å². The maximum atomic E-state index is 12.5. The van der Waals surface area contributed by atoms with Crippen LogP contribution >= 0.6 is 12.2 Å². The normalized spacial score (nSPS) is 10.5. The fourth-order valence-electron chi connectivity index (χ4n) is 3.28. The van der Waals surface area contributed by atoms with Crippen molar-refractivity contribution in [1.82, 2.24) is 5.32 Å². The molecule has 0 aliphatic rings. The van der Waals surface area contributed by atoms with Gasteiger partial charge in [0.25, 0.3) is 11.6 Å². The largest absolute Gasteiger partial charge is 0.451 e. The Morgan fingerprint density at radius 3 is 2.53 bits per heavy atom. The van der Waals surface area contributed by atoms with Crippen LogP contribution < -0.4 is 15.5 Å². The number of anilines is 2. The molecule has 0 fully saturated rings. The van der Waals surface area contributed by atoms with Crippen LogP contribution in [0.5, 0.6) is 0 Å². The lowest BCUT2D eigenvalue weighted by atomic mass is 10.1. The van der Waals surface area contributed by atoms with Crippen molar-refractivity contribution in [2.45, 2.75) is 20.8 Å². The first-order valence-corrected chi connectivity index (χ1v) is 10.6. The van der Waals surface area contributed by atoms with E-state index in [-0.39, 0.29) is 16.6 Å². The number of amides is 1. The Morgan fingerprint density at radius 2 is 1.88 bits per heavy atom. The summed E-state index contributed by atoms with van der Waals surface area (Å²) in [5.74, 6) is -0.124. The van der Waals surface area contributed by atoms with E-state index in [4.69, 9.17) is 16.6 Å². The first-order chi connectivity index (χ1) is 15.3. The minimum atomic E-state index is -0.517. The molecule has 2 N–H and O–H groups in total. The summed E-state index contributed by atoms with van der Waals surface area (Å²) in [6, 6.07) is 15.1. The Bertz CT molecular complexity index is 1150. The number of nitro benzene ring substituents is 1. The van der Waals surface area contributed by atoms with Crippen LogP contribution in [0.2, 0.25) is 0 Å². The number of non-ortho nitro benzene ring substituents is 1. The quantitative estimate of drug-likeness (QED) is 0.291. The average molecular weight is 453 g/mol. The third-order valence-corrected chi connectivity index (χ3v) is 5.19. The summed E-state index contributed by atoms with van der Waals surface area (Å²) in [4.78, 5) is 25.2. The number of hydrogen-bond donors (Lipinski definition) is 2. The highest BCUT2D eigenvalue weighted by molar-refractivity contribution is 7.80. The van der Waals surface area contributed by atoms with E-state index < -0.39 is 10.8 Å². The van der Waals surface area contributed by atoms with E-state index in [0.29, 0.717) is 11.3 Å². The highest BCUT2D eigenvalue weighted by Crippen LogP contribution is 2.26. The van der Waals surface area contributed by atoms with E-state index in [9.17, 15) is 14.9 Å². The van der Waals surface area contributed by atoms with Gasteiger partial charge in [0.05, 0.1) is 4.92 Å². The van der Waals surface area contributed by atoms with Crippen molar-refractivity contribution < 1.29 is 14.1 Å². The van der Waals surface area contributed by atoms with E-state index in [1.165, 1.54) is 18.2 Å². The molecule has 8 nitrogen and oxygen atoms in total. The number of nitrogens with zero attached hydrogens (tertiary/aromatic N) is 2. The molecule has 0 radical (unpaired) electrons. The van der Waals surface area contributed by atoms with Crippen molar-refractivity contribution >= 4 is 40.3 Å². The van der Waals surface area contributed by atoms with Crippen molar-refractivity contribution in [3.63, 3.8) is 0 Å². The first kappa shape index (κ1) is 23.0. The van der Waals surface area contributed by atoms with E-state index >= 15 is 0 Å². The molecule has 0 unspecified atom stereocenters. The molecular weight excluding hydrogens is 428 g/mol. The average Bonchev–Trinajstić information content (AvgIpc) is 3.27. The summed E-state index contributed by atoms with van der Waals surface area (Å²) >= 11 is 5.28. The highest BCUT2D eigenvalue weighted by atomic mass is 32.1. The molecule has 3 aromatic rings. The van der Waals surface area contributed by atoms with Crippen molar-refractivity contribution in [1.29, 1.82) is 0 Å². The molecule has 1 heterocycles. The summed E-state index contributed by atoms with van der Waals surface area (Å²) in [5, 5.41) is 16.7. The van der Waals surface area contributed by atoms with Gasteiger partial charge in [-0.25, -0.2) is 0 Å². The molecule has 3 rings (SSSR count). The van der Waals surface area contributed by atoms with Gasteiger partial charge in [-0.15, -0.1) is 0 Å². The van der Waals surface area contributed by atoms with Gasteiger partial charge in [-0.1, -0.05) is 12.1 Å². The third kappa shape index (κ3) is 5.30. The maximum Gasteiger partial charge on any atom is 0.293 e. The Hall–Kier alpha value is -3.72. The number of hydrogen-bond acceptors (Lipinski definition) is 6. The first-order valence-electron chi connectivity index (χ1n) is 10.1. The molecule has 0 bridgehead atoms. The second-order valence-electron chi connectivity index (χ2n) is 7.05. The summed E-state index contributed by atoms with van der Waals surface area (Å²) in [6.07, 6.45) is 0. The van der Waals surface area contributed by atoms with E-state index in [2.05, 4.69) is 35.4 Å². The van der Waals surface area contributed by atoms with Gasteiger partial charge in [-0.3, -0.25) is 20.2 Å². The highest BCUT2D eigenvalue weighted by Gasteiger charge is 2.16. The van der Waals surface area contributed by atoms with Gasteiger partial charge in [0.2, 0.25) is 0 Å². The number of carbonyl (C=O) groups excluding carboxylic acids is 1. The van der Waals surface area contributed by atoms with Crippen LogP contribution in [0, 0.1) is 17.0 Å². The van der Waals surface area contributed by atoms with E-state index in [1.54, 1.807) is 18.2 Å². The number of rotatable bonds is 7. The molecule has 0 aliphatic heterocycles. The molecule has 0 spiro atoms. The number of nitrogens with one attached hydrogen (secondary N) is 2. The van der Waals surface area contributed by atoms with Crippen LogP contribution in [0.1, 0.15) is 30.0 Å². The zero-order chi connectivity index (χ0) is 23.3. The second kappa shape index (κ2) is 10.1. The van der Waals surface area contributed by atoms with Gasteiger partial charge in [0.15, 0.2) is 10.9 Å². The lowest BCUT2D eigenvalue weighted by Crippen LogP contribution is -2.34. The third-order valence-electron chi connectivity index (χ3n) is 4.99. The molecule has 2 aromatic carbocycles. The minimum Gasteiger partial charge on any atom is -0.451 e. The predicted octanol–water partition coefficient (Wildman–Crippen LogP) is 5.14. The van der Waals surface area contributed by atoms with Crippen LogP contribution in [0.3, 0.4) is 0 Å². The van der Waals surface area contributed by atoms with Crippen LogP contribution in [0.15, 0.2) is 59.0 Å². The molecule has 32 heavy (non-hydrogen) atoms. The lowest BCUT2D eigenvalue weighted by Gasteiger charge is -2.22. The fraction of sp³-hybridized carbons (Fsp3) is 0.217. The topological polar surface area (TPSA) is 101 Å². The van der Waals surface area contributed by atoms with Gasteiger partial charge in [0.1, 0.15) is 5.76 Å². The number of benzene rings is 2. The predicted molar refractivity (Wildman–Crippen MR) is 129 cm³/mol. The van der Waals surface area contributed by atoms with Crippen molar-refractivity contribution in [2.75, 3.05) is 23.3 Å². The van der Waals surface area contributed by atoms with Gasteiger partial charge >= 0.3 is 0 Å². The molecule has 166 valence electrons. The Balaban J connectivity index is 1.66. The zero-order valence-electron chi connectivity index (χ0n) is 18.0. The molecular formula is C23H24N4O4S. The van der Waals surface area contributed by atoms with Crippen molar-refractivity contribution in [2.24, 2.45) is 0 Å². The molecule has 0 saturated carbocycles. The number of carbonyl (C=O) groups is 1. The number of nitro groups is 1. The molecule has 0 atom stereocenters. The summed E-state index contributed by atoms with van der Waals surface area (Å²) in [7, 11) is 0. The summed E-state index contributed by atoms with van der Waals surface area (Å²) in [5.41, 5.74) is 3.36. The van der Waals surface area contributed by atoms with Crippen LogP contribution in [-0.2, 0) is 0 Å². The van der Waals surface area contributed by atoms with E-state index in [0.717, 1.165) is 30.0 Å². The van der Waals surface area contributed by atoms with Crippen LogP contribution in [0.25, 0.3) is 11.3 Å². The smallest absolute Gasteiger partial charge is 0.293 e. The zero-order valence-corrected chi connectivity index (χ0v) is 18.9. The minimum absolute atomic E-state index is 0.0456. The van der Waals surface area contributed by atoms with Crippen molar-refractivity contribution in [3.05, 3.63) is 76.0 Å². The molecule has 1 amide bonds. The van der Waals surface area contributed by atoms with Crippen molar-refractivity contribution in [3.8, 4) is 11.3 Å².